The molecule has 1 amide bonds. The van der Waals surface area contributed by atoms with Crippen LogP contribution in [-0.2, 0) is 17.9 Å². The third kappa shape index (κ3) is 4.26. The Hall–Kier alpha value is -4.66. The molecule has 36 heavy (non-hydrogen) atoms. The Balaban J connectivity index is 1.33. The number of aryl methyl sites for hydroxylation is 1. The van der Waals surface area contributed by atoms with Crippen LogP contribution in [0.5, 0.6) is 17.2 Å². The molecule has 0 saturated heterocycles. The predicted molar refractivity (Wildman–Crippen MR) is 132 cm³/mol. The van der Waals surface area contributed by atoms with Crippen LogP contribution in [0.3, 0.4) is 0 Å². The van der Waals surface area contributed by atoms with Gasteiger partial charge in [-0.05, 0) is 65.4 Å². The van der Waals surface area contributed by atoms with Crippen LogP contribution in [0.25, 0.3) is 16.6 Å². The maximum absolute atomic E-state index is 13.4. The average Bonchev–Trinajstić information content (AvgIpc) is 3.57. The zero-order valence-electron chi connectivity index (χ0n) is 19.6. The molecule has 1 aliphatic heterocycles. The van der Waals surface area contributed by atoms with Crippen LogP contribution < -0.4 is 14.2 Å². The second kappa shape index (κ2) is 9.18. The molecule has 9 nitrogen and oxygen atoms in total. The quantitative estimate of drug-likeness (QED) is 0.348. The highest BCUT2D eigenvalue weighted by molar-refractivity contribution is 5.84. The van der Waals surface area contributed by atoms with Gasteiger partial charge < -0.3 is 19.1 Å². The molecule has 0 saturated carbocycles. The van der Waals surface area contributed by atoms with Gasteiger partial charge in [-0.15, -0.1) is 5.10 Å². The maximum atomic E-state index is 13.4. The number of hydrogen-bond donors (Lipinski definition) is 0. The third-order valence-corrected chi connectivity index (χ3v) is 6.13. The van der Waals surface area contributed by atoms with Crippen molar-refractivity contribution < 1.29 is 19.0 Å². The Labute approximate surface area is 206 Å². The summed E-state index contributed by atoms with van der Waals surface area (Å²) in [5.41, 5.74) is 4.40. The largest absolute Gasteiger partial charge is 0.484 e. The lowest BCUT2D eigenvalue weighted by molar-refractivity contribution is -0.134. The summed E-state index contributed by atoms with van der Waals surface area (Å²) in [6, 6.07) is 23.2. The highest BCUT2D eigenvalue weighted by Gasteiger charge is 2.21. The maximum Gasteiger partial charge on any atom is 0.261 e. The van der Waals surface area contributed by atoms with Crippen molar-refractivity contribution in [3.05, 3.63) is 89.5 Å². The van der Waals surface area contributed by atoms with E-state index >= 15 is 0 Å². The van der Waals surface area contributed by atoms with Crippen LogP contribution in [0.4, 0.5) is 0 Å². The zero-order chi connectivity index (χ0) is 24.5. The molecule has 0 aliphatic carbocycles. The van der Waals surface area contributed by atoms with E-state index in [1.807, 2.05) is 73.7 Å². The third-order valence-electron chi connectivity index (χ3n) is 6.13. The van der Waals surface area contributed by atoms with Gasteiger partial charge in [0.2, 0.25) is 6.79 Å². The molecule has 6 rings (SSSR count). The SMILES string of the molecule is Cc1ccc2c(c1)cc(CN(Cc1ccc3c(c1)OCO3)C(=O)COc1ccccc1)c1nnnn12. The number of para-hydroxylation sites is 1. The standard InChI is InChI=1S/C27H23N5O4/c1-18-7-9-23-20(11-18)13-21(27-28-29-30-32(23)27)15-31(26(33)16-34-22-5-3-2-4-6-22)14-19-8-10-24-25(12-19)36-17-35-24/h2-13H,14-17H2,1H3. The van der Waals surface area contributed by atoms with E-state index in [0.29, 0.717) is 36.0 Å². The number of carbonyl (C=O) groups is 1. The molecule has 3 aromatic carbocycles. The number of hydrogen-bond acceptors (Lipinski definition) is 7. The van der Waals surface area contributed by atoms with Crippen molar-refractivity contribution in [3.8, 4) is 17.2 Å². The van der Waals surface area contributed by atoms with Crippen LogP contribution in [0.15, 0.2) is 72.8 Å². The van der Waals surface area contributed by atoms with Crippen LogP contribution >= 0.6 is 0 Å². The summed E-state index contributed by atoms with van der Waals surface area (Å²) in [6.07, 6.45) is 0. The van der Waals surface area contributed by atoms with Gasteiger partial charge in [0.05, 0.1) is 5.52 Å². The second-order valence-electron chi connectivity index (χ2n) is 8.69. The Kier molecular flexibility index (Phi) is 5.57. The van der Waals surface area contributed by atoms with Crippen LogP contribution in [0.2, 0.25) is 0 Å². The Morgan fingerprint density at radius 3 is 2.75 bits per heavy atom. The van der Waals surface area contributed by atoms with Gasteiger partial charge in [-0.3, -0.25) is 4.79 Å². The van der Waals surface area contributed by atoms with Crippen LogP contribution in [0.1, 0.15) is 16.7 Å². The number of fused-ring (bicyclic) bond motifs is 4. The highest BCUT2D eigenvalue weighted by Crippen LogP contribution is 2.33. The molecule has 9 heteroatoms. The fourth-order valence-corrected chi connectivity index (χ4v) is 4.35. The van der Waals surface area contributed by atoms with Crippen LogP contribution in [0, 0.1) is 6.92 Å². The smallest absolute Gasteiger partial charge is 0.261 e. The lowest BCUT2D eigenvalue weighted by atomic mass is 10.1. The van der Waals surface area contributed by atoms with Gasteiger partial charge in [-0.25, -0.2) is 0 Å². The zero-order valence-corrected chi connectivity index (χ0v) is 19.6. The molecule has 0 atom stereocenters. The first-order valence-corrected chi connectivity index (χ1v) is 11.6. The molecule has 0 unspecified atom stereocenters. The van der Waals surface area contributed by atoms with E-state index in [2.05, 4.69) is 21.6 Å². The topological polar surface area (TPSA) is 91.1 Å². The molecular formula is C27H23N5O4. The first-order chi connectivity index (χ1) is 17.6. The summed E-state index contributed by atoms with van der Waals surface area (Å²) in [5.74, 6) is 1.85. The van der Waals surface area contributed by atoms with Gasteiger partial charge in [-0.2, -0.15) is 4.52 Å². The van der Waals surface area contributed by atoms with Crippen molar-refractivity contribution in [2.24, 2.45) is 0 Å². The fourth-order valence-electron chi connectivity index (χ4n) is 4.35. The number of aromatic nitrogens is 4. The van der Waals surface area contributed by atoms with E-state index < -0.39 is 0 Å². The first kappa shape index (κ1) is 21.8. The molecule has 0 fully saturated rings. The normalized spacial score (nSPS) is 12.2. The molecule has 1 aliphatic rings. The van der Waals surface area contributed by atoms with E-state index in [1.54, 1.807) is 9.42 Å². The van der Waals surface area contributed by atoms with E-state index in [9.17, 15) is 4.79 Å². The lowest BCUT2D eigenvalue weighted by Crippen LogP contribution is -2.34. The van der Waals surface area contributed by atoms with Gasteiger partial charge in [0.1, 0.15) is 5.75 Å². The van der Waals surface area contributed by atoms with Gasteiger partial charge in [0, 0.05) is 24.0 Å². The molecule has 0 N–H and O–H groups in total. The number of ether oxygens (including phenoxy) is 3. The van der Waals surface area contributed by atoms with E-state index in [4.69, 9.17) is 14.2 Å². The number of benzene rings is 3. The summed E-state index contributed by atoms with van der Waals surface area (Å²) >= 11 is 0. The van der Waals surface area contributed by atoms with Crippen molar-refractivity contribution in [2.75, 3.05) is 13.4 Å². The average molecular weight is 482 g/mol. The van der Waals surface area contributed by atoms with Gasteiger partial charge in [0.15, 0.2) is 23.8 Å². The van der Waals surface area contributed by atoms with Gasteiger partial charge in [-0.1, -0.05) is 35.9 Å². The van der Waals surface area contributed by atoms with Gasteiger partial charge >= 0.3 is 0 Å². The number of pyridine rings is 1. The number of tetrazole rings is 1. The van der Waals surface area contributed by atoms with Crippen molar-refractivity contribution >= 4 is 22.5 Å². The Morgan fingerprint density at radius 1 is 1.00 bits per heavy atom. The summed E-state index contributed by atoms with van der Waals surface area (Å²) in [5, 5.41) is 13.3. The monoisotopic (exact) mass is 481 g/mol. The van der Waals surface area contributed by atoms with E-state index in [0.717, 1.165) is 27.6 Å². The molecule has 3 heterocycles. The van der Waals surface area contributed by atoms with Crippen molar-refractivity contribution in [2.45, 2.75) is 20.0 Å². The number of amides is 1. The molecule has 180 valence electrons. The molecular weight excluding hydrogens is 458 g/mol. The fraction of sp³-hybridized carbons (Fsp3) is 0.185. The lowest BCUT2D eigenvalue weighted by Gasteiger charge is -2.23. The molecule has 5 aromatic rings. The summed E-state index contributed by atoms with van der Waals surface area (Å²) in [6.45, 7) is 2.80. The second-order valence-corrected chi connectivity index (χ2v) is 8.69. The van der Waals surface area contributed by atoms with Crippen LogP contribution in [-0.4, -0.2) is 44.2 Å². The van der Waals surface area contributed by atoms with Crippen molar-refractivity contribution in [1.82, 2.24) is 24.9 Å². The highest BCUT2D eigenvalue weighted by atomic mass is 16.7. The minimum atomic E-state index is -0.161. The van der Waals surface area contributed by atoms with Crippen molar-refractivity contribution in [3.63, 3.8) is 0 Å². The summed E-state index contributed by atoms with van der Waals surface area (Å²) in [4.78, 5) is 15.2. The molecule has 0 spiro atoms. The summed E-state index contributed by atoms with van der Waals surface area (Å²) < 4.78 is 18.5. The van der Waals surface area contributed by atoms with E-state index in [1.165, 1.54) is 0 Å². The van der Waals surface area contributed by atoms with E-state index in [-0.39, 0.29) is 19.3 Å². The Morgan fingerprint density at radius 2 is 1.86 bits per heavy atom. The number of carbonyl (C=O) groups excluding carboxylic acids is 1. The minimum absolute atomic E-state index is 0.0948. The summed E-state index contributed by atoms with van der Waals surface area (Å²) in [7, 11) is 0. The molecule has 0 radical (unpaired) electrons. The van der Waals surface area contributed by atoms with Crippen molar-refractivity contribution in [1.29, 1.82) is 0 Å². The number of nitrogens with zero attached hydrogens (tertiary/aromatic N) is 5. The Bertz CT molecular complexity index is 1570. The molecule has 2 aromatic heterocycles. The van der Waals surface area contributed by atoms with Gasteiger partial charge in [0.25, 0.3) is 5.91 Å². The minimum Gasteiger partial charge on any atom is -0.484 e. The number of rotatable bonds is 7. The first-order valence-electron chi connectivity index (χ1n) is 11.6. The predicted octanol–water partition coefficient (Wildman–Crippen LogP) is 3.92. The molecule has 0 bridgehead atoms.